The number of hydrogen-bond acceptors (Lipinski definition) is 6. The van der Waals surface area contributed by atoms with E-state index in [2.05, 4.69) is 9.39 Å². The summed E-state index contributed by atoms with van der Waals surface area (Å²) in [6, 6.07) is 9.29. The van der Waals surface area contributed by atoms with Crippen molar-refractivity contribution in [2.24, 2.45) is 9.39 Å². The normalized spacial score (nSPS) is 17.8. The molecule has 1 aromatic carbocycles. The Bertz CT molecular complexity index is 1340. The second-order valence-corrected chi connectivity index (χ2v) is 10.3. The molecule has 0 saturated carbocycles. The fourth-order valence-electron chi connectivity index (χ4n) is 3.43. The molecular weight excluding hydrogens is 458 g/mol. The number of amidine groups is 3. The van der Waals surface area contributed by atoms with Crippen molar-refractivity contribution >= 4 is 61.5 Å². The van der Waals surface area contributed by atoms with Crippen LogP contribution in [0.3, 0.4) is 0 Å². The Hall–Kier alpha value is -2.69. The molecule has 31 heavy (non-hydrogen) atoms. The number of carbonyl (C=O) groups is 1. The Balaban J connectivity index is 1.78. The van der Waals surface area contributed by atoms with Crippen LogP contribution >= 0.6 is 23.5 Å². The highest BCUT2D eigenvalue weighted by Crippen LogP contribution is 2.31. The largest absolute Gasteiger partial charge is 0.318 e. The van der Waals surface area contributed by atoms with Gasteiger partial charge in [0.1, 0.15) is 5.84 Å². The Morgan fingerprint density at radius 3 is 2.68 bits per heavy atom. The monoisotopic (exact) mass is 475 g/mol. The van der Waals surface area contributed by atoms with Crippen molar-refractivity contribution in [3.05, 3.63) is 57.9 Å². The third-order valence-electron chi connectivity index (χ3n) is 4.99. The highest BCUT2D eigenvalue weighted by molar-refractivity contribution is 8.16. The van der Waals surface area contributed by atoms with Crippen LogP contribution in [0.25, 0.3) is 11.8 Å². The van der Waals surface area contributed by atoms with E-state index in [1.807, 2.05) is 42.7 Å². The number of nitrogens with zero attached hydrogens (tertiary/aromatic N) is 4. The number of hydrogen-bond donors (Lipinski definition) is 1. The molecule has 0 radical (unpaired) electrons. The summed E-state index contributed by atoms with van der Waals surface area (Å²) < 4.78 is 30.7. The summed E-state index contributed by atoms with van der Waals surface area (Å²) in [7, 11) is -3.69. The van der Waals surface area contributed by atoms with Crippen LogP contribution in [0.5, 0.6) is 0 Å². The van der Waals surface area contributed by atoms with Crippen LogP contribution in [-0.4, -0.2) is 45.7 Å². The molecule has 2 aliphatic rings. The number of aryl methyl sites for hydroxylation is 1. The molecule has 1 amide bonds. The maximum atomic E-state index is 12.6. The van der Waals surface area contributed by atoms with Gasteiger partial charge >= 0.3 is 0 Å². The van der Waals surface area contributed by atoms with E-state index < -0.39 is 15.7 Å². The Morgan fingerprint density at radius 1 is 1.26 bits per heavy atom. The summed E-state index contributed by atoms with van der Waals surface area (Å²) >= 11 is 6.91. The number of rotatable bonds is 3. The van der Waals surface area contributed by atoms with Crippen molar-refractivity contribution in [2.45, 2.75) is 20.8 Å². The van der Waals surface area contributed by atoms with Crippen LogP contribution in [0, 0.1) is 19.3 Å². The van der Waals surface area contributed by atoms with E-state index in [1.54, 1.807) is 12.1 Å². The average Bonchev–Trinajstić information content (AvgIpc) is 3.26. The number of carbonyl (C=O) groups excluding carboxylic acids is 1. The quantitative estimate of drug-likeness (QED) is 0.537. The molecule has 4 rings (SSSR count). The fourth-order valence-corrected chi connectivity index (χ4v) is 5.58. The molecule has 160 valence electrons. The van der Waals surface area contributed by atoms with Gasteiger partial charge in [0, 0.05) is 22.1 Å². The van der Waals surface area contributed by atoms with Gasteiger partial charge in [0.05, 0.1) is 23.3 Å². The lowest BCUT2D eigenvalue weighted by atomic mass is 10.1. The molecule has 1 aromatic heterocycles. The van der Waals surface area contributed by atoms with E-state index in [9.17, 15) is 13.2 Å². The molecule has 0 fully saturated rings. The number of benzene rings is 1. The smallest absolute Gasteiger partial charge is 0.283 e. The minimum atomic E-state index is -3.69. The van der Waals surface area contributed by atoms with E-state index >= 15 is 0 Å². The predicted molar refractivity (Wildman–Crippen MR) is 125 cm³/mol. The molecule has 2 aliphatic heterocycles. The molecule has 0 atom stereocenters. The van der Waals surface area contributed by atoms with Crippen molar-refractivity contribution in [2.75, 3.05) is 5.75 Å². The summed E-state index contributed by atoms with van der Waals surface area (Å²) in [5, 5.41) is 8.94. The second-order valence-electron chi connectivity index (χ2n) is 6.95. The van der Waals surface area contributed by atoms with Crippen molar-refractivity contribution in [1.82, 2.24) is 9.47 Å². The first-order valence-electron chi connectivity index (χ1n) is 9.30. The molecule has 11 heteroatoms. The Kier molecular flexibility index (Phi) is 5.40. The first-order chi connectivity index (χ1) is 14.6. The van der Waals surface area contributed by atoms with Gasteiger partial charge in [0.25, 0.3) is 5.91 Å². The van der Waals surface area contributed by atoms with Crippen molar-refractivity contribution in [1.29, 1.82) is 5.41 Å². The number of fused-ring (bicyclic) bond motifs is 1. The SMILES string of the molecule is CCS(=O)(=O)C1=NSC2=NC(=O)/C(=C\c3cc(C)n(-c4cccc(Cl)c4)c3C)C(=N)N21. The second kappa shape index (κ2) is 7.77. The molecule has 0 aliphatic carbocycles. The maximum absolute atomic E-state index is 12.6. The zero-order valence-electron chi connectivity index (χ0n) is 16.9. The van der Waals surface area contributed by atoms with Crippen molar-refractivity contribution in [3.8, 4) is 5.69 Å². The molecule has 8 nitrogen and oxygen atoms in total. The topological polar surface area (TPSA) is 108 Å². The van der Waals surface area contributed by atoms with Crippen LogP contribution in [0.4, 0.5) is 0 Å². The van der Waals surface area contributed by atoms with Crippen LogP contribution in [0.1, 0.15) is 23.9 Å². The van der Waals surface area contributed by atoms with Gasteiger partial charge in [-0.2, -0.15) is 9.39 Å². The fraction of sp³-hybridized carbons (Fsp3) is 0.200. The van der Waals surface area contributed by atoms with Crippen LogP contribution in [0.2, 0.25) is 5.02 Å². The van der Waals surface area contributed by atoms with Crippen LogP contribution in [0.15, 0.2) is 45.3 Å². The van der Waals surface area contributed by atoms with Crippen LogP contribution in [-0.2, 0) is 14.6 Å². The van der Waals surface area contributed by atoms with Crippen molar-refractivity contribution in [3.63, 3.8) is 0 Å². The lowest BCUT2D eigenvalue weighted by Crippen LogP contribution is -2.45. The van der Waals surface area contributed by atoms with Gasteiger partial charge in [-0.1, -0.05) is 24.6 Å². The molecule has 0 spiro atoms. The van der Waals surface area contributed by atoms with Gasteiger partial charge in [-0.3, -0.25) is 10.2 Å². The van der Waals surface area contributed by atoms with E-state index in [4.69, 9.17) is 17.0 Å². The molecule has 3 heterocycles. The number of aromatic nitrogens is 1. The van der Waals surface area contributed by atoms with Gasteiger partial charge in [0.2, 0.25) is 20.2 Å². The number of amides is 1. The minimum Gasteiger partial charge on any atom is -0.318 e. The highest BCUT2D eigenvalue weighted by Gasteiger charge is 2.42. The number of sulfone groups is 1. The van der Waals surface area contributed by atoms with Gasteiger partial charge in [-0.05, 0) is 49.8 Å². The lowest BCUT2D eigenvalue weighted by molar-refractivity contribution is -0.114. The molecule has 1 N–H and O–H groups in total. The molecule has 0 bridgehead atoms. The van der Waals surface area contributed by atoms with Gasteiger partial charge in [0.15, 0.2) is 0 Å². The number of halogens is 1. The zero-order valence-corrected chi connectivity index (χ0v) is 19.3. The zero-order chi connectivity index (χ0) is 22.5. The number of nitrogens with one attached hydrogen (secondary N) is 1. The summed E-state index contributed by atoms with van der Waals surface area (Å²) in [4.78, 5) is 17.7. The van der Waals surface area contributed by atoms with Crippen molar-refractivity contribution < 1.29 is 13.2 Å². The highest BCUT2D eigenvalue weighted by atomic mass is 35.5. The summed E-state index contributed by atoms with van der Waals surface area (Å²) in [6.45, 7) is 5.32. The first kappa shape index (κ1) is 21.5. The van der Waals surface area contributed by atoms with Gasteiger partial charge < -0.3 is 4.57 Å². The summed E-state index contributed by atoms with van der Waals surface area (Å²) in [5.74, 6) is -1.04. The summed E-state index contributed by atoms with van der Waals surface area (Å²) in [6.07, 6.45) is 1.56. The summed E-state index contributed by atoms with van der Waals surface area (Å²) in [5.41, 5.74) is 3.34. The lowest BCUT2D eigenvalue weighted by Gasteiger charge is -2.24. The Morgan fingerprint density at radius 2 is 2.00 bits per heavy atom. The molecule has 2 aromatic rings. The first-order valence-corrected chi connectivity index (χ1v) is 12.1. The minimum absolute atomic E-state index is 0.00315. The van der Waals surface area contributed by atoms with E-state index in [1.165, 1.54) is 6.92 Å². The van der Waals surface area contributed by atoms with Crippen LogP contribution < -0.4 is 0 Å². The maximum Gasteiger partial charge on any atom is 0.283 e. The van der Waals surface area contributed by atoms with Gasteiger partial charge in [-0.25, -0.2) is 13.3 Å². The average molecular weight is 476 g/mol. The number of aliphatic imine (C=N–C) groups is 1. The predicted octanol–water partition coefficient (Wildman–Crippen LogP) is 3.76. The molecular formula is C20H18ClN5O3S2. The van der Waals surface area contributed by atoms with Gasteiger partial charge in [-0.15, -0.1) is 0 Å². The van der Waals surface area contributed by atoms with E-state index in [0.717, 1.165) is 33.9 Å². The third-order valence-corrected chi connectivity index (χ3v) is 7.63. The van der Waals surface area contributed by atoms with E-state index in [-0.39, 0.29) is 27.5 Å². The molecule has 0 saturated heterocycles. The Labute approximate surface area is 188 Å². The standard InChI is InChI=1S/C20H18ClN5O3S2/c1-4-31(28,29)20-24-30-19-23-18(27)16(17(22)26(19)20)9-13-8-11(2)25(12(13)3)15-7-5-6-14(21)10-15/h5-10,22H,4H2,1-3H3/b16-9-,22-17?. The third kappa shape index (κ3) is 3.64. The van der Waals surface area contributed by atoms with E-state index in [0.29, 0.717) is 10.6 Å². The molecule has 0 unspecified atom stereocenters.